The van der Waals surface area contributed by atoms with Gasteiger partial charge in [0.1, 0.15) is 24.1 Å². The van der Waals surface area contributed by atoms with Crippen molar-refractivity contribution in [3.63, 3.8) is 0 Å². The van der Waals surface area contributed by atoms with Crippen molar-refractivity contribution >= 4 is 0 Å². The van der Waals surface area contributed by atoms with Gasteiger partial charge in [0.15, 0.2) is 0 Å². The monoisotopic (exact) mass is 234 g/mol. The van der Waals surface area contributed by atoms with Crippen LogP contribution in [0.4, 0.5) is 0 Å². The first kappa shape index (κ1) is 12.4. The minimum absolute atomic E-state index is 0.0226. The summed E-state index contributed by atoms with van der Waals surface area (Å²) in [6, 6.07) is 9.93. The van der Waals surface area contributed by atoms with Crippen molar-refractivity contribution < 1.29 is 9.47 Å². The maximum absolute atomic E-state index is 5.92. The molecule has 1 fully saturated rings. The van der Waals surface area contributed by atoms with Crippen LogP contribution in [0.25, 0.3) is 0 Å². The van der Waals surface area contributed by atoms with E-state index in [1.54, 1.807) is 0 Å². The highest BCUT2D eigenvalue weighted by molar-refractivity contribution is 5.21. The fourth-order valence-corrected chi connectivity index (χ4v) is 2.75. The van der Waals surface area contributed by atoms with Crippen LogP contribution in [0.1, 0.15) is 27.7 Å². The lowest BCUT2D eigenvalue weighted by Gasteiger charge is -2.21. The lowest BCUT2D eigenvalue weighted by atomic mass is 9.82. The van der Waals surface area contributed by atoms with Crippen LogP contribution in [-0.2, 0) is 4.74 Å². The molecule has 0 amide bonds. The van der Waals surface area contributed by atoms with Gasteiger partial charge in [-0.05, 0) is 24.0 Å². The molecule has 0 bridgehead atoms. The van der Waals surface area contributed by atoms with Gasteiger partial charge in [-0.3, -0.25) is 0 Å². The molecule has 0 aliphatic carbocycles. The fourth-order valence-electron chi connectivity index (χ4n) is 2.75. The second-order valence-electron chi connectivity index (χ2n) is 5.39. The lowest BCUT2D eigenvalue weighted by Crippen LogP contribution is -2.31. The summed E-state index contributed by atoms with van der Waals surface area (Å²) in [7, 11) is 0. The molecule has 0 N–H and O–H groups in total. The Balaban J connectivity index is 1.91. The van der Waals surface area contributed by atoms with Gasteiger partial charge >= 0.3 is 0 Å². The Morgan fingerprint density at radius 3 is 2.18 bits per heavy atom. The summed E-state index contributed by atoms with van der Waals surface area (Å²) >= 11 is 0. The summed E-state index contributed by atoms with van der Waals surface area (Å²) < 4.78 is 11.7. The maximum Gasteiger partial charge on any atom is 0.122 e. The molecule has 1 aromatic carbocycles. The van der Waals surface area contributed by atoms with Crippen molar-refractivity contribution in [2.24, 2.45) is 11.8 Å². The SMILES string of the molecule is CC(C)C1(C(C)C)OC1COc1ccccc1. The van der Waals surface area contributed by atoms with Crippen molar-refractivity contribution in [2.75, 3.05) is 6.61 Å². The van der Waals surface area contributed by atoms with Gasteiger partial charge in [-0.2, -0.15) is 0 Å². The third-order valence-corrected chi connectivity index (χ3v) is 3.74. The number of para-hydroxylation sites is 1. The molecule has 2 rings (SSSR count). The van der Waals surface area contributed by atoms with Gasteiger partial charge < -0.3 is 9.47 Å². The average molecular weight is 234 g/mol. The molecule has 94 valence electrons. The molecule has 1 aliphatic heterocycles. The van der Waals surface area contributed by atoms with E-state index in [-0.39, 0.29) is 11.7 Å². The third kappa shape index (κ3) is 2.32. The van der Waals surface area contributed by atoms with Gasteiger partial charge in [0, 0.05) is 0 Å². The molecule has 17 heavy (non-hydrogen) atoms. The first-order valence-electron chi connectivity index (χ1n) is 6.43. The topological polar surface area (TPSA) is 21.8 Å². The molecular weight excluding hydrogens is 212 g/mol. The van der Waals surface area contributed by atoms with E-state index in [4.69, 9.17) is 9.47 Å². The standard InChI is InChI=1S/C15H22O2/c1-11(2)15(12(3)4)14(17-15)10-16-13-8-6-5-7-9-13/h5-9,11-12,14H,10H2,1-4H3. The molecule has 2 nitrogen and oxygen atoms in total. The zero-order valence-corrected chi connectivity index (χ0v) is 11.1. The van der Waals surface area contributed by atoms with E-state index in [9.17, 15) is 0 Å². The van der Waals surface area contributed by atoms with Crippen LogP contribution >= 0.6 is 0 Å². The second kappa shape index (κ2) is 4.69. The van der Waals surface area contributed by atoms with Gasteiger partial charge in [0.05, 0.1) is 0 Å². The van der Waals surface area contributed by atoms with Crippen LogP contribution in [0, 0.1) is 11.8 Å². The molecule has 1 aliphatic rings. The first-order chi connectivity index (χ1) is 8.07. The van der Waals surface area contributed by atoms with Crippen molar-refractivity contribution in [1.82, 2.24) is 0 Å². The zero-order chi connectivity index (χ0) is 12.5. The Bertz CT molecular complexity index is 348. The summed E-state index contributed by atoms with van der Waals surface area (Å²) in [4.78, 5) is 0. The summed E-state index contributed by atoms with van der Waals surface area (Å²) in [5, 5.41) is 0. The normalized spacial score (nSPS) is 21.9. The summed E-state index contributed by atoms with van der Waals surface area (Å²) in [6.07, 6.45) is 0.239. The molecule has 1 heterocycles. The minimum Gasteiger partial charge on any atom is -0.491 e. The number of hydrogen-bond acceptors (Lipinski definition) is 2. The van der Waals surface area contributed by atoms with E-state index in [1.807, 2.05) is 30.3 Å². The van der Waals surface area contributed by atoms with E-state index in [0.717, 1.165) is 5.75 Å². The Labute approximate surface area is 104 Å². The van der Waals surface area contributed by atoms with Gasteiger partial charge in [-0.25, -0.2) is 0 Å². The van der Waals surface area contributed by atoms with E-state index >= 15 is 0 Å². The smallest absolute Gasteiger partial charge is 0.122 e. The summed E-state index contributed by atoms with van der Waals surface area (Å²) in [6.45, 7) is 9.55. The zero-order valence-electron chi connectivity index (χ0n) is 11.1. The Hall–Kier alpha value is -1.02. The highest BCUT2D eigenvalue weighted by atomic mass is 16.6. The van der Waals surface area contributed by atoms with Crippen molar-refractivity contribution in [2.45, 2.75) is 39.4 Å². The Morgan fingerprint density at radius 1 is 1.12 bits per heavy atom. The summed E-state index contributed by atoms with van der Waals surface area (Å²) in [5.74, 6) is 1.99. The van der Waals surface area contributed by atoms with E-state index < -0.39 is 0 Å². The molecule has 1 unspecified atom stereocenters. The molecule has 0 spiro atoms. The van der Waals surface area contributed by atoms with E-state index in [0.29, 0.717) is 18.4 Å². The van der Waals surface area contributed by atoms with Crippen LogP contribution in [-0.4, -0.2) is 18.3 Å². The number of rotatable bonds is 5. The summed E-state index contributed by atoms with van der Waals surface area (Å²) in [5.41, 5.74) is 0.0226. The molecule has 2 heteroatoms. The number of benzene rings is 1. The van der Waals surface area contributed by atoms with Crippen LogP contribution in [0.5, 0.6) is 5.75 Å². The van der Waals surface area contributed by atoms with Crippen molar-refractivity contribution in [3.05, 3.63) is 30.3 Å². The van der Waals surface area contributed by atoms with Gasteiger partial charge in [0.25, 0.3) is 0 Å². The van der Waals surface area contributed by atoms with Gasteiger partial charge in [-0.15, -0.1) is 0 Å². The van der Waals surface area contributed by atoms with Crippen LogP contribution < -0.4 is 4.74 Å². The number of ether oxygens (including phenoxy) is 2. The van der Waals surface area contributed by atoms with Crippen molar-refractivity contribution in [3.8, 4) is 5.75 Å². The Morgan fingerprint density at radius 2 is 1.71 bits per heavy atom. The largest absolute Gasteiger partial charge is 0.491 e. The van der Waals surface area contributed by atoms with Crippen molar-refractivity contribution in [1.29, 1.82) is 0 Å². The molecule has 1 atom stereocenters. The molecular formula is C15H22O2. The molecule has 0 radical (unpaired) electrons. The first-order valence-corrected chi connectivity index (χ1v) is 6.43. The third-order valence-electron chi connectivity index (χ3n) is 3.74. The second-order valence-corrected chi connectivity index (χ2v) is 5.39. The number of epoxide rings is 1. The highest BCUT2D eigenvalue weighted by Crippen LogP contribution is 2.48. The fraction of sp³-hybridized carbons (Fsp3) is 0.600. The predicted molar refractivity (Wildman–Crippen MR) is 69.2 cm³/mol. The van der Waals surface area contributed by atoms with Crippen LogP contribution in [0.3, 0.4) is 0 Å². The average Bonchev–Trinajstić information content (AvgIpc) is 3.03. The highest BCUT2D eigenvalue weighted by Gasteiger charge is 2.60. The minimum atomic E-state index is 0.0226. The quantitative estimate of drug-likeness (QED) is 0.727. The number of hydrogen-bond donors (Lipinski definition) is 0. The lowest BCUT2D eigenvalue weighted by molar-refractivity contribution is 0.178. The molecule has 1 aromatic rings. The van der Waals surface area contributed by atoms with E-state index in [2.05, 4.69) is 27.7 Å². The van der Waals surface area contributed by atoms with Crippen LogP contribution in [0.2, 0.25) is 0 Å². The Kier molecular flexibility index (Phi) is 3.43. The molecule has 0 aromatic heterocycles. The van der Waals surface area contributed by atoms with Gasteiger partial charge in [-0.1, -0.05) is 45.9 Å². The molecule has 0 saturated carbocycles. The van der Waals surface area contributed by atoms with Crippen LogP contribution in [0.15, 0.2) is 30.3 Å². The van der Waals surface area contributed by atoms with Gasteiger partial charge in [0.2, 0.25) is 0 Å². The maximum atomic E-state index is 5.92. The predicted octanol–water partition coefficient (Wildman–Crippen LogP) is 3.52. The molecule has 1 saturated heterocycles. The van der Waals surface area contributed by atoms with E-state index in [1.165, 1.54) is 0 Å².